The van der Waals surface area contributed by atoms with E-state index in [1.165, 1.54) is 16.0 Å². The molecular formula is C22H21N3S. The van der Waals surface area contributed by atoms with E-state index in [1.807, 2.05) is 6.07 Å². The maximum Gasteiger partial charge on any atom is 0.142 e. The molecule has 0 bridgehead atoms. The van der Waals surface area contributed by atoms with Gasteiger partial charge in [-0.25, -0.2) is 9.97 Å². The fourth-order valence-corrected chi connectivity index (χ4v) is 3.90. The Bertz CT molecular complexity index is 1020. The first-order valence-corrected chi connectivity index (χ1v) is 9.70. The van der Waals surface area contributed by atoms with Crippen molar-refractivity contribution in [2.75, 3.05) is 5.32 Å². The molecule has 0 unspecified atom stereocenters. The molecule has 4 rings (SSSR count). The fourth-order valence-electron chi connectivity index (χ4n) is 2.92. The van der Waals surface area contributed by atoms with E-state index in [-0.39, 0.29) is 0 Å². The van der Waals surface area contributed by atoms with Crippen LogP contribution in [0.2, 0.25) is 0 Å². The molecule has 0 saturated heterocycles. The highest BCUT2D eigenvalue weighted by molar-refractivity contribution is 7.18. The monoisotopic (exact) mass is 359 g/mol. The summed E-state index contributed by atoms with van der Waals surface area (Å²) < 4.78 is 0. The Balaban J connectivity index is 1.75. The second kappa shape index (κ2) is 7.26. The van der Waals surface area contributed by atoms with Crippen molar-refractivity contribution < 1.29 is 0 Å². The number of aromatic nitrogens is 2. The van der Waals surface area contributed by atoms with Crippen LogP contribution in [0.1, 0.15) is 28.8 Å². The van der Waals surface area contributed by atoms with Crippen LogP contribution in [-0.2, 0) is 12.8 Å². The minimum Gasteiger partial charge on any atom is -0.340 e. The van der Waals surface area contributed by atoms with Gasteiger partial charge in [-0.3, -0.25) is 0 Å². The average Bonchev–Trinajstić information content (AvgIpc) is 3.08. The second-order valence-electron chi connectivity index (χ2n) is 6.43. The molecule has 4 heteroatoms. The van der Waals surface area contributed by atoms with Crippen LogP contribution >= 0.6 is 11.3 Å². The maximum atomic E-state index is 4.85. The fraction of sp³-hybridized carbons (Fsp3) is 0.182. The summed E-state index contributed by atoms with van der Waals surface area (Å²) in [5.41, 5.74) is 3.52. The summed E-state index contributed by atoms with van der Waals surface area (Å²) in [6.07, 6.45) is 1.75. The quantitative estimate of drug-likeness (QED) is 0.482. The molecule has 0 aliphatic carbocycles. The van der Waals surface area contributed by atoms with Crippen LogP contribution in [0.25, 0.3) is 10.2 Å². The molecule has 26 heavy (non-hydrogen) atoms. The summed E-state index contributed by atoms with van der Waals surface area (Å²) in [4.78, 5) is 12.1. The molecule has 130 valence electrons. The third-order valence-electron chi connectivity index (χ3n) is 4.36. The largest absolute Gasteiger partial charge is 0.340 e. The predicted molar refractivity (Wildman–Crippen MR) is 111 cm³/mol. The average molecular weight is 359 g/mol. The standard InChI is InChI=1S/C22H21N3S/c1-3-18-14-19-21(23-17-11-9-15(2)10-12-17)24-20(25-22(19)26-18)13-16-7-5-4-6-8-16/h4-12,14H,3,13H2,1-2H3,(H,23,24,25). The van der Waals surface area contributed by atoms with Crippen molar-refractivity contribution in [3.05, 3.63) is 82.5 Å². The molecule has 0 atom stereocenters. The van der Waals surface area contributed by atoms with Gasteiger partial charge in [0.25, 0.3) is 0 Å². The maximum absolute atomic E-state index is 4.85. The van der Waals surface area contributed by atoms with Gasteiger partial charge in [0.2, 0.25) is 0 Å². The lowest BCUT2D eigenvalue weighted by atomic mass is 10.1. The zero-order chi connectivity index (χ0) is 17.9. The van der Waals surface area contributed by atoms with Gasteiger partial charge in [0.15, 0.2) is 0 Å². The molecule has 1 N–H and O–H groups in total. The Morgan fingerprint density at radius 3 is 2.46 bits per heavy atom. The molecule has 0 saturated carbocycles. The number of aryl methyl sites for hydroxylation is 2. The summed E-state index contributed by atoms with van der Waals surface area (Å²) in [5.74, 6) is 1.74. The van der Waals surface area contributed by atoms with Gasteiger partial charge in [-0.2, -0.15) is 0 Å². The van der Waals surface area contributed by atoms with Crippen molar-refractivity contribution in [2.24, 2.45) is 0 Å². The molecule has 0 aliphatic rings. The van der Waals surface area contributed by atoms with Crippen molar-refractivity contribution in [3.8, 4) is 0 Å². The number of thiophene rings is 1. The van der Waals surface area contributed by atoms with Crippen LogP contribution < -0.4 is 5.32 Å². The number of hydrogen-bond donors (Lipinski definition) is 1. The van der Waals surface area contributed by atoms with Crippen LogP contribution in [0, 0.1) is 6.92 Å². The SMILES string of the molecule is CCc1cc2c(Nc3ccc(C)cc3)nc(Cc3ccccc3)nc2s1. The number of nitrogens with zero attached hydrogens (tertiary/aromatic N) is 2. The highest BCUT2D eigenvalue weighted by Gasteiger charge is 2.12. The van der Waals surface area contributed by atoms with Gasteiger partial charge in [0, 0.05) is 17.0 Å². The van der Waals surface area contributed by atoms with E-state index in [4.69, 9.17) is 9.97 Å². The molecule has 0 radical (unpaired) electrons. The summed E-state index contributed by atoms with van der Waals surface area (Å²) >= 11 is 1.76. The zero-order valence-corrected chi connectivity index (χ0v) is 15.8. The molecule has 0 spiro atoms. The molecule has 2 aromatic heterocycles. The van der Waals surface area contributed by atoms with Crippen molar-refractivity contribution >= 4 is 33.1 Å². The van der Waals surface area contributed by atoms with Crippen molar-refractivity contribution in [2.45, 2.75) is 26.7 Å². The highest BCUT2D eigenvalue weighted by atomic mass is 32.1. The van der Waals surface area contributed by atoms with Gasteiger partial charge in [0.05, 0.1) is 5.39 Å². The van der Waals surface area contributed by atoms with Gasteiger partial charge in [-0.05, 0) is 37.1 Å². The molecule has 2 aromatic carbocycles. The van der Waals surface area contributed by atoms with E-state index in [0.717, 1.165) is 40.4 Å². The van der Waals surface area contributed by atoms with Crippen LogP contribution in [-0.4, -0.2) is 9.97 Å². The minimum absolute atomic E-state index is 0.735. The van der Waals surface area contributed by atoms with Crippen LogP contribution in [0.4, 0.5) is 11.5 Å². The summed E-state index contributed by atoms with van der Waals surface area (Å²) in [6.45, 7) is 4.27. The number of anilines is 2. The molecular weight excluding hydrogens is 338 g/mol. The first-order chi connectivity index (χ1) is 12.7. The molecule has 2 heterocycles. The Morgan fingerprint density at radius 1 is 0.962 bits per heavy atom. The summed E-state index contributed by atoms with van der Waals surface area (Å²) in [7, 11) is 0. The van der Waals surface area contributed by atoms with E-state index < -0.39 is 0 Å². The van der Waals surface area contributed by atoms with Crippen molar-refractivity contribution in [1.82, 2.24) is 9.97 Å². The van der Waals surface area contributed by atoms with E-state index >= 15 is 0 Å². The first-order valence-electron chi connectivity index (χ1n) is 8.88. The Morgan fingerprint density at radius 2 is 1.73 bits per heavy atom. The second-order valence-corrected chi connectivity index (χ2v) is 7.54. The lowest BCUT2D eigenvalue weighted by molar-refractivity contribution is 1.000. The Kier molecular flexibility index (Phi) is 4.67. The van der Waals surface area contributed by atoms with Gasteiger partial charge >= 0.3 is 0 Å². The lowest BCUT2D eigenvalue weighted by Crippen LogP contribution is -2.01. The number of hydrogen-bond acceptors (Lipinski definition) is 4. The normalized spacial score (nSPS) is 11.0. The lowest BCUT2D eigenvalue weighted by Gasteiger charge is -2.09. The van der Waals surface area contributed by atoms with Crippen molar-refractivity contribution in [3.63, 3.8) is 0 Å². The summed E-state index contributed by atoms with van der Waals surface area (Å²) in [5, 5.41) is 4.59. The molecule has 0 aliphatic heterocycles. The minimum atomic E-state index is 0.735. The van der Waals surface area contributed by atoms with Gasteiger partial charge in [0.1, 0.15) is 16.5 Å². The van der Waals surface area contributed by atoms with Crippen LogP contribution in [0.15, 0.2) is 60.7 Å². The van der Waals surface area contributed by atoms with Gasteiger partial charge < -0.3 is 5.32 Å². The number of benzene rings is 2. The molecule has 4 aromatic rings. The molecule has 3 nitrogen and oxygen atoms in total. The topological polar surface area (TPSA) is 37.8 Å². The zero-order valence-electron chi connectivity index (χ0n) is 15.0. The number of nitrogens with one attached hydrogen (secondary N) is 1. The van der Waals surface area contributed by atoms with Crippen molar-refractivity contribution in [1.29, 1.82) is 0 Å². The summed E-state index contributed by atoms with van der Waals surface area (Å²) in [6, 6.07) is 21.0. The third-order valence-corrected chi connectivity index (χ3v) is 5.53. The smallest absolute Gasteiger partial charge is 0.142 e. The highest BCUT2D eigenvalue weighted by Crippen LogP contribution is 2.31. The number of rotatable bonds is 5. The molecule has 0 amide bonds. The third kappa shape index (κ3) is 3.60. The Hall–Kier alpha value is -2.72. The van der Waals surface area contributed by atoms with Gasteiger partial charge in [-0.1, -0.05) is 55.0 Å². The number of fused-ring (bicyclic) bond motifs is 1. The van der Waals surface area contributed by atoms with E-state index in [0.29, 0.717) is 0 Å². The van der Waals surface area contributed by atoms with E-state index in [2.05, 4.69) is 73.8 Å². The Labute approximate surface area is 157 Å². The predicted octanol–water partition coefficient (Wildman–Crippen LogP) is 5.90. The van der Waals surface area contributed by atoms with E-state index in [1.54, 1.807) is 11.3 Å². The van der Waals surface area contributed by atoms with Crippen LogP contribution in [0.3, 0.4) is 0 Å². The van der Waals surface area contributed by atoms with Gasteiger partial charge in [-0.15, -0.1) is 11.3 Å². The van der Waals surface area contributed by atoms with Crippen LogP contribution in [0.5, 0.6) is 0 Å². The van der Waals surface area contributed by atoms with E-state index in [9.17, 15) is 0 Å². The first kappa shape index (κ1) is 16.7. The molecule has 0 fully saturated rings.